The predicted molar refractivity (Wildman–Crippen MR) is 129 cm³/mol. The third-order valence-electron chi connectivity index (χ3n) is 4.51. The molecule has 0 radical (unpaired) electrons. The van der Waals surface area contributed by atoms with E-state index in [2.05, 4.69) is 34.7 Å². The molecule has 0 amide bonds. The van der Waals surface area contributed by atoms with Crippen LogP contribution < -0.4 is 10.6 Å². The molecule has 1 aliphatic rings. The average Bonchev–Trinajstić information content (AvgIpc) is 3.24. The molecule has 0 saturated carbocycles. The summed E-state index contributed by atoms with van der Waals surface area (Å²) < 4.78 is 16.9. The number of guanidine groups is 1. The summed E-state index contributed by atoms with van der Waals surface area (Å²) in [5.74, 6) is 0.881. The minimum Gasteiger partial charge on any atom is -0.379 e. The molecule has 29 heavy (non-hydrogen) atoms. The molecule has 1 saturated heterocycles. The fourth-order valence-electron chi connectivity index (χ4n) is 2.99. The molecule has 1 unspecified atom stereocenters. The van der Waals surface area contributed by atoms with Crippen molar-refractivity contribution >= 4 is 29.9 Å². The molecule has 7 heteroatoms. The van der Waals surface area contributed by atoms with Crippen molar-refractivity contribution in [2.24, 2.45) is 4.99 Å². The fourth-order valence-corrected chi connectivity index (χ4v) is 2.99. The van der Waals surface area contributed by atoms with E-state index in [0.29, 0.717) is 19.3 Å². The van der Waals surface area contributed by atoms with Crippen molar-refractivity contribution in [3.05, 3.63) is 35.9 Å². The molecule has 166 valence electrons. The normalized spacial score (nSPS) is 16.4. The van der Waals surface area contributed by atoms with Crippen molar-refractivity contribution in [3.63, 3.8) is 0 Å². The lowest BCUT2D eigenvalue weighted by atomic mass is 10.2. The molecule has 0 aromatic heterocycles. The highest BCUT2D eigenvalue weighted by Gasteiger charge is 2.14. The van der Waals surface area contributed by atoms with Crippen LogP contribution in [-0.2, 0) is 20.8 Å². The van der Waals surface area contributed by atoms with Crippen LogP contribution in [0.25, 0.3) is 0 Å². The van der Waals surface area contributed by atoms with E-state index in [9.17, 15) is 0 Å². The number of benzene rings is 1. The lowest BCUT2D eigenvalue weighted by Gasteiger charge is -2.12. The monoisotopic (exact) mass is 519 g/mol. The maximum Gasteiger partial charge on any atom is 0.191 e. The van der Waals surface area contributed by atoms with Crippen molar-refractivity contribution < 1.29 is 14.2 Å². The van der Waals surface area contributed by atoms with Gasteiger partial charge in [0.1, 0.15) is 0 Å². The molecule has 1 fully saturated rings. The van der Waals surface area contributed by atoms with Gasteiger partial charge in [0.25, 0.3) is 0 Å². The molecule has 1 aliphatic heterocycles. The van der Waals surface area contributed by atoms with E-state index in [-0.39, 0.29) is 24.0 Å². The van der Waals surface area contributed by atoms with E-state index < -0.39 is 0 Å². The number of ether oxygens (including phenoxy) is 3. The highest BCUT2D eigenvalue weighted by Crippen LogP contribution is 2.11. The first-order valence-corrected chi connectivity index (χ1v) is 10.7. The molecular formula is C22H38IN3O3. The Labute approximate surface area is 193 Å². The fraction of sp³-hybridized carbons (Fsp3) is 0.682. The van der Waals surface area contributed by atoms with Gasteiger partial charge in [0.15, 0.2) is 5.96 Å². The second-order valence-electron chi connectivity index (χ2n) is 7.00. The summed E-state index contributed by atoms with van der Waals surface area (Å²) in [5.41, 5.74) is 1.22. The Bertz CT molecular complexity index is 525. The molecular weight excluding hydrogens is 481 g/mol. The van der Waals surface area contributed by atoms with Gasteiger partial charge in [-0.1, -0.05) is 30.3 Å². The lowest BCUT2D eigenvalue weighted by Crippen LogP contribution is -2.38. The Balaban J connectivity index is 0.00000420. The van der Waals surface area contributed by atoms with Gasteiger partial charge >= 0.3 is 0 Å². The molecule has 1 heterocycles. The summed E-state index contributed by atoms with van der Waals surface area (Å²) in [7, 11) is 0. The SMILES string of the molecule is CCNC(=NCCCOCC1CCCO1)NCCCCOCc1ccccc1.I. The third kappa shape index (κ3) is 13.1. The van der Waals surface area contributed by atoms with E-state index in [1.165, 1.54) is 5.56 Å². The predicted octanol–water partition coefficient (Wildman–Crippen LogP) is 3.74. The van der Waals surface area contributed by atoms with Crippen LogP contribution in [0.2, 0.25) is 0 Å². The van der Waals surface area contributed by atoms with Crippen molar-refractivity contribution in [2.75, 3.05) is 46.1 Å². The molecule has 0 spiro atoms. The van der Waals surface area contributed by atoms with Crippen molar-refractivity contribution in [2.45, 2.75) is 51.7 Å². The summed E-state index contributed by atoms with van der Waals surface area (Å²) in [6, 6.07) is 10.3. The lowest BCUT2D eigenvalue weighted by molar-refractivity contribution is 0.0171. The topological polar surface area (TPSA) is 64.1 Å². The van der Waals surface area contributed by atoms with Gasteiger partial charge in [0.05, 0.1) is 19.3 Å². The first kappa shape index (κ1) is 26.1. The van der Waals surface area contributed by atoms with Crippen LogP contribution in [0.5, 0.6) is 0 Å². The van der Waals surface area contributed by atoms with E-state index in [1.807, 2.05) is 18.2 Å². The standard InChI is InChI=1S/C22H37N3O3.HI/c1-2-23-22(25-14-9-16-27-19-21-12-8-17-28-21)24-13-6-7-15-26-18-20-10-4-3-5-11-20;/h3-5,10-11,21H,2,6-9,12-19H2,1H3,(H2,23,24,25);1H. The summed E-state index contributed by atoms with van der Waals surface area (Å²) in [4.78, 5) is 4.61. The zero-order valence-electron chi connectivity index (χ0n) is 17.7. The number of nitrogens with one attached hydrogen (secondary N) is 2. The summed E-state index contributed by atoms with van der Waals surface area (Å²) >= 11 is 0. The molecule has 2 rings (SSSR count). The number of nitrogens with zero attached hydrogens (tertiary/aromatic N) is 1. The van der Waals surface area contributed by atoms with Gasteiger partial charge in [-0.15, -0.1) is 24.0 Å². The highest BCUT2D eigenvalue weighted by molar-refractivity contribution is 14.0. The summed E-state index contributed by atoms with van der Waals surface area (Å²) in [5, 5.41) is 6.68. The smallest absolute Gasteiger partial charge is 0.191 e. The second kappa shape index (κ2) is 17.9. The maximum atomic E-state index is 5.72. The molecule has 1 aromatic rings. The van der Waals surface area contributed by atoms with Gasteiger partial charge in [0.2, 0.25) is 0 Å². The minimum atomic E-state index is 0. The minimum absolute atomic E-state index is 0. The van der Waals surface area contributed by atoms with Gasteiger partial charge < -0.3 is 24.8 Å². The van der Waals surface area contributed by atoms with Crippen LogP contribution in [0.4, 0.5) is 0 Å². The van der Waals surface area contributed by atoms with Crippen LogP contribution in [0.1, 0.15) is 44.6 Å². The summed E-state index contributed by atoms with van der Waals surface area (Å²) in [6.07, 6.45) is 5.62. The molecule has 1 atom stereocenters. The van der Waals surface area contributed by atoms with E-state index in [0.717, 1.165) is 77.5 Å². The Morgan fingerprint density at radius 3 is 2.69 bits per heavy atom. The summed E-state index contributed by atoms with van der Waals surface area (Å²) in [6.45, 7) is 8.42. The molecule has 2 N–H and O–H groups in total. The van der Waals surface area contributed by atoms with Crippen LogP contribution in [-0.4, -0.2) is 58.1 Å². The first-order chi connectivity index (χ1) is 13.9. The number of hydrogen-bond donors (Lipinski definition) is 2. The van der Waals surface area contributed by atoms with Gasteiger partial charge in [-0.25, -0.2) is 0 Å². The largest absolute Gasteiger partial charge is 0.379 e. The molecule has 0 aliphatic carbocycles. The van der Waals surface area contributed by atoms with Crippen molar-refractivity contribution in [1.29, 1.82) is 0 Å². The quantitative estimate of drug-likeness (QED) is 0.170. The number of halogens is 1. The van der Waals surface area contributed by atoms with Crippen molar-refractivity contribution in [3.8, 4) is 0 Å². The highest BCUT2D eigenvalue weighted by atomic mass is 127. The zero-order valence-corrected chi connectivity index (χ0v) is 20.1. The van der Waals surface area contributed by atoms with Gasteiger partial charge in [0, 0.05) is 39.5 Å². The van der Waals surface area contributed by atoms with E-state index >= 15 is 0 Å². The number of unbranched alkanes of at least 4 members (excludes halogenated alkanes) is 1. The Kier molecular flexibility index (Phi) is 16.1. The van der Waals surface area contributed by atoms with Gasteiger partial charge in [-0.3, -0.25) is 4.99 Å². The Morgan fingerprint density at radius 2 is 1.93 bits per heavy atom. The molecule has 1 aromatic carbocycles. The Hall–Kier alpha value is -0.900. The van der Waals surface area contributed by atoms with E-state index in [4.69, 9.17) is 14.2 Å². The maximum absolute atomic E-state index is 5.72. The Morgan fingerprint density at radius 1 is 1.10 bits per heavy atom. The number of hydrogen-bond acceptors (Lipinski definition) is 4. The van der Waals surface area contributed by atoms with Crippen LogP contribution >= 0.6 is 24.0 Å². The molecule has 0 bridgehead atoms. The van der Waals surface area contributed by atoms with Gasteiger partial charge in [-0.2, -0.15) is 0 Å². The average molecular weight is 519 g/mol. The third-order valence-corrected chi connectivity index (χ3v) is 4.51. The second-order valence-corrected chi connectivity index (χ2v) is 7.00. The zero-order chi connectivity index (χ0) is 19.7. The van der Waals surface area contributed by atoms with Crippen LogP contribution in [0.15, 0.2) is 35.3 Å². The van der Waals surface area contributed by atoms with Crippen LogP contribution in [0.3, 0.4) is 0 Å². The number of rotatable bonds is 14. The van der Waals surface area contributed by atoms with Crippen molar-refractivity contribution in [1.82, 2.24) is 10.6 Å². The first-order valence-electron chi connectivity index (χ1n) is 10.7. The van der Waals surface area contributed by atoms with E-state index in [1.54, 1.807) is 0 Å². The van der Waals surface area contributed by atoms with Crippen LogP contribution in [0, 0.1) is 0 Å². The molecule has 6 nitrogen and oxygen atoms in total. The van der Waals surface area contributed by atoms with Gasteiger partial charge in [-0.05, 0) is 44.6 Å². The number of aliphatic imine (C=N–C) groups is 1.